The second kappa shape index (κ2) is 4.84. The number of hydrogen-bond donors (Lipinski definition) is 2. The van der Waals surface area contributed by atoms with E-state index in [1.807, 2.05) is 6.92 Å². The number of amides is 1. The van der Waals surface area contributed by atoms with Crippen LogP contribution in [0.25, 0.3) is 0 Å². The van der Waals surface area contributed by atoms with Crippen molar-refractivity contribution in [1.29, 1.82) is 0 Å². The Morgan fingerprint density at radius 1 is 1.39 bits per heavy atom. The molecule has 5 nitrogen and oxygen atoms in total. The minimum atomic E-state index is -1.10. The monoisotopic (exact) mass is 251 g/mol. The molecule has 0 bridgehead atoms. The average molecular weight is 251 g/mol. The highest BCUT2D eigenvalue weighted by Gasteiger charge is 2.35. The normalized spacial score (nSPS) is 17.6. The SMILES string of the molecule is CC1(C(=O)NCc2ccc(C(=O)O)o2)CCCC1. The van der Waals surface area contributed by atoms with E-state index in [0.717, 1.165) is 25.7 Å². The van der Waals surface area contributed by atoms with Crippen LogP contribution in [0.5, 0.6) is 0 Å². The molecule has 0 spiro atoms. The van der Waals surface area contributed by atoms with Crippen molar-refractivity contribution < 1.29 is 19.1 Å². The third-order valence-corrected chi connectivity index (χ3v) is 3.55. The van der Waals surface area contributed by atoms with Crippen molar-refractivity contribution in [3.8, 4) is 0 Å². The van der Waals surface area contributed by atoms with Gasteiger partial charge in [0.05, 0.1) is 6.54 Å². The van der Waals surface area contributed by atoms with E-state index in [0.29, 0.717) is 5.76 Å². The van der Waals surface area contributed by atoms with Gasteiger partial charge in [-0.1, -0.05) is 19.8 Å². The molecular weight excluding hydrogens is 234 g/mol. The summed E-state index contributed by atoms with van der Waals surface area (Å²) in [5.41, 5.74) is -0.276. The second-order valence-corrected chi connectivity index (χ2v) is 5.02. The Morgan fingerprint density at radius 3 is 2.61 bits per heavy atom. The number of carbonyl (C=O) groups is 2. The molecule has 0 atom stereocenters. The number of furan rings is 1. The van der Waals surface area contributed by atoms with Gasteiger partial charge in [0.15, 0.2) is 0 Å². The lowest BCUT2D eigenvalue weighted by atomic mass is 9.88. The molecule has 1 aromatic heterocycles. The van der Waals surface area contributed by atoms with Crippen molar-refractivity contribution in [3.05, 3.63) is 23.7 Å². The van der Waals surface area contributed by atoms with Crippen molar-refractivity contribution in [3.63, 3.8) is 0 Å². The van der Waals surface area contributed by atoms with Crippen LogP contribution in [0.15, 0.2) is 16.5 Å². The first kappa shape index (κ1) is 12.7. The molecule has 1 saturated carbocycles. The summed E-state index contributed by atoms with van der Waals surface area (Å²) in [5.74, 6) is -0.725. The molecule has 1 heterocycles. The molecule has 2 N–H and O–H groups in total. The number of carbonyl (C=O) groups excluding carboxylic acids is 1. The van der Waals surface area contributed by atoms with Crippen LogP contribution in [-0.2, 0) is 11.3 Å². The minimum Gasteiger partial charge on any atom is -0.475 e. The van der Waals surface area contributed by atoms with E-state index in [1.54, 1.807) is 6.07 Å². The first-order valence-corrected chi connectivity index (χ1v) is 6.12. The fraction of sp³-hybridized carbons (Fsp3) is 0.538. The largest absolute Gasteiger partial charge is 0.475 e. The zero-order valence-electron chi connectivity index (χ0n) is 10.4. The van der Waals surface area contributed by atoms with Gasteiger partial charge in [0.25, 0.3) is 0 Å². The van der Waals surface area contributed by atoms with Gasteiger partial charge in [0.1, 0.15) is 5.76 Å². The highest BCUT2D eigenvalue weighted by Crippen LogP contribution is 2.37. The van der Waals surface area contributed by atoms with Gasteiger partial charge in [-0.25, -0.2) is 4.79 Å². The smallest absolute Gasteiger partial charge is 0.371 e. The zero-order chi connectivity index (χ0) is 13.2. The Labute approximate surface area is 105 Å². The zero-order valence-corrected chi connectivity index (χ0v) is 10.4. The first-order chi connectivity index (χ1) is 8.51. The highest BCUT2D eigenvalue weighted by molar-refractivity contribution is 5.84. The van der Waals surface area contributed by atoms with Crippen LogP contribution in [0.1, 0.15) is 48.9 Å². The Morgan fingerprint density at radius 2 is 2.06 bits per heavy atom. The van der Waals surface area contributed by atoms with Crippen LogP contribution in [0.4, 0.5) is 0 Å². The summed E-state index contributed by atoms with van der Waals surface area (Å²) >= 11 is 0. The minimum absolute atomic E-state index is 0.0216. The summed E-state index contributed by atoms with van der Waals surface area (Å²) in [7, 11) is 0. The van der Waals surface area contributed by atoms with Gasteiger partial charge in [-0.05, 0) is 25.0 Å². The molecular formula is C13H17NO4. The van der Waals surface area contributed by atoms with Crippen molar-refractivity contribution in [1.82, 2.24) is 5.32 Å². The fourth-order valence-electron chi connectivity index (χ4n) is 2.35. The third kappa shape index (κ3) is 2.55. The van der Waals surface area contributed by atoms with E-state index in [4.69, 9.17) is 9.52 Å². The van der Waals surface area contributed by atoms with Crippen LogP contribution in [0.3, 0.4) is 0 Å². The summed E-state index contributed by atoms with van der Waals surface area (Å²) in [6.07, 6.45) is 4.01. The number of carboxylic acids is 1. The predicted octanol–water partition coefficient (Wildman–Crippen LogP) is 2.17. The molecule has 1 aliphatic carbocycles. The van der Waals surface area contributed by atoms with Crippen LogP contribution >= 0.6 is 0 Å². The van der Waals surface area contributed by atoms with Gasteiger partial charge in [-0.15, -0.1) is 0 Å². The molecule has 98 valence electrons. The number of rotatable bonds is 4. The molecule has 5 heteroatoms. The van der Waals surface area contributed by atoms with E-state index in [-0.39, 0.29) is 23.6 Å². The van der Waals surface area contributed by atoms with E-state index >= 15 is 0 Å². The Hall–Kier alpha value is -1.78. The van der Waals surface area contributed by atoms with Crippen LogP contribution in [-0.4, -0.2) is 17.0 Å². The molecule has 0 radical (unpaired) electrons. The van der Waals surface area contributed by atoms with Crippen molar-refractivity contribution in [2.24, 2.45) is 5.41 Å². The van der Waals surface area contributed by atoms with Crippen molar-refractivity contribution in [2.45, 2.75) is 39.2 Å². The summed E-state index contributed by atoms with van der Waals surface area (Å²) in [5, 5.41) is 11.5. The number of aromatic carboxylic acids is 1. The average Bonchev–Trinajstić information content (AvgIpc) is 2.95. The number of carboxylic acid groups (broad SMARTS) is 1. The molecule has 2 rings (SSSR count). The lowest BCUT2D eigenvalue weighted by Gasteiger charge is -2.21. The van der Waals surface area contributed by atoms with E-state index < -0.39 is 5.97 Å². The molecule has 1 amide bonds. The van der Waals surface area contributed by atoms with Crippen LogP contribution in [0, 0.1) is 5.41 Å². The van der Waals surface area contributed by atoms with E-state index in [1.165, 1.54) is 6.07 Å². The summed E-state index contributed by atoms with van der Waals surface area (Å²) in [6.45, 7) is 2.21. The Bertz CT molecular complexity index is 457. The van der Waals surface area contributed by atoms with Gasteiger partial charge in [-0.2, -0.15) is 0 Å². The fourth-order valence-corrected chi connectivity index (χ4v) is 2.35. The van der Waals surface area contributed by atoms with Gasteiger partial charge in [0.2, 0.25) is 11.7 Å². The first-order valence-electron chi connectivity index (χ1n) is 6.12. The van der Waals surface area contributed by atoms with Gasteiger partial charge < -0.3 is 14.8 Å². The molecule has 1 fully saturated rings. The Balaban J connectivity index is 1.90. The van der Waals surface area contributed by atoms with Gasteiger partial charge >= 0.3 is 5.97 Å². The summed E-state index contributed by atoms with van der Waals surface area (Å²) in [4.78, 5) is 22.6. The predicted molar refractivity (Wildman–Crippen MR) is 64.1 cm³/mol. The summed E-state index contributed by atoms with van der Waals surface area (Å²) < 4.78 is 5.08. The molecule has 0 saturated heterocycles. The van der Waals surface area contributed by atoms with Crippen LogP contribution < -0.4 is 5.32 Å². The topological polar surface area (TPSA) is 79.5 Å². The van der Waals surface area contributed by atoms with Gasteiger partial charge in [-0.3, -0.25) is 4.79 Å². The maximum Gasteiger partial charge on any atom is 0.371 e. The maximum absolute atomic E-state index is 12.0. The molecule has 0 aliphatic heterocycles. The lowest BCUT2D eigenvalue weighted by molar-refractivity contribution is -0.130. The molecule has 1 aliphatic rings. The standard InChI is InChI=1S/C13H17NO4/c1-13(6-2-3-7-13)12(17)14-8-9-4-5-10(18-9)11(15)16/h4-5H,2-3,6-8H2,1H3,(H,14,17)(H,15,16). The Kier molecular flexibility index (Phi) is 3.41. The lowest BCUT2D eigenvalue weighted by Crippen LogP contribution is -2.36. The second-order valence-electron chi connectivity index (χ2n) is 5.02. The molecule has 1 aromatic rings. The van der Waals surface area contributed by atoms with Crippen LogP contribution in [0.2, 0.25) is 0 Å². The third-order valence-electron chi connectivity index (χ3n) is 3.55. The maximum atomic E-state index is 12.0. The quantitative estimate of drug-likeness (QED) is 0.859. The van der Waals surface area contributed by atoms with Gasteiger partial charge in [0, 0.05) is 5.41 Å². The molecule has 0 unspecified atom stereocenters. The number of hydrogen-bond acceptors (Lipinski definition) is 3. The van der Waals surface area contributed by atoms with E-state index in [2.05, 4.69) is 5.32 Å². The van der Waals surface area contributed by atoms with E-state index in [9.17, 15) is 9.59 Å². The van der Waals surface area contributed by atoms with Crippen molar-refractivity contribution >= 4 is 11.9 Å². The summed E-state index contributed by atoms with van der Waals surface area (Å²) in [6, 6.07) is 2.96. The highest BCUT2D eigenvalue weighted by atomic mass is 16.4. The molecule has 18 heavy (non-hydrogen) atoms. The number of nitrogens with one attached hydrogen (secondary N) is 1. The molecule has 0 aromatic carbocycles. The van der Waals surface area contributed by atoms with Crippen molar-refractivity contribution in [2.75, 3.05) is 0 Å².